The molecular weight excluding hydrogens is 308 g/mol. The number of ether oxygens (including phenoxy) is 3. The second-order valence-electron chi connectivity index (χ2n) is 5.87. The van der Waals surface area contributed by atoms with Crippen molar-refractivity contribution in [2.45, 2.75) is 40.7 Å². The Morgan fingerprint density at radius 2 is 1.92 bits per heavy atom. The van der Waals surface area contributed by atoms with E-state index < -0.39 is 12.1 Å². The van der Waals surface area contributed by atoms with Gasteiger partial charge in [-0.1, -0.05) is 6.08 Å². The molecule has 0 bridgehead atoms. The lowest BCUT2D eigenvalue weighted by Gasteiger charge is -2.17. The number of benzene rings is 1. The minimum absolute atomic E-state index is 0.169. The van der Waals surface area contributed by atoms with Crippen molar-refractivity contribution in [3.8, 4) is 11.5 Å². The van der Waals surface area contributed by atoms with Crippen molar-refractivity contribution in [3.05, 3.63) is 46.2 Å². The van der Waals surface area contributed by atoms with Crippen molar-refractivity contribution >= 4 is 11.8 Å². The Labute approximate surface area is 141 Å². The smallest absolute Gasteiger partial charge is 0.333 e. The molecule has 128 valence electrons. The molecule has 0 fully saturated rings. The fraction of sp³-hybridized carbons (Fsp3) is 0.368. The molecule has 0 spiro atoms. The van der Waals surface area contributed by atoms with Crippen LogP contribution in [0.1, 0.15) is 56.6 Å². The van der Waals surface area contributed by atoms with E-state index in [-0.39, 0.29) is 5.78 Å². The molecule has 2 rings (SSSR count). The molecule has 0 saturated heterocycles. The zero-order valence-electron chi connectivity index (χ0n) is 14.9. The van der Waals surface area contributed by atoms with Crippen LogP contribution in [-0.4, -0.2) is 18.9 Å². The maximum atomic E-state index is 12.4. The van der Waals surface area contributed by atoms with Gasteiger partial charge in [0.25, 0.3) is 0 Å². The third kappa shape index (κ3) is 3.20. The van der Waals surface area contributed by atoms with Gasteiger partial charge in [-0.3, -0.25) is 4.79 Å². The van der Waals surface area contributed by atoms with Crippen molar-refractivity contribution in [1.29, 1.82) is 0 Å². The standard InChI is InChI=1S/C19H22O5/c1-7-11(4)19(21)23-12(5)13-8-14-16(9-15(13)22-6)24-18(10(2)3)17(14)20/h7-9,12H,1-6H3/b11-7-/t12-/m0/s1. The van der Waals surface area contributed by atoms with E-state index in [2.05, 4.69) is 0 Å². The van der Waals surface area contributed by atoms with Gasteiger partial charge in [0.1, 0.15) is 17.6 Å². The molecule has 1 heterocycles. The third-order valence-corrected chi connectivity index (χ3v) is 3.93. The van der Waals surface area contributed by atoms with Crippen LogP contribution in [-0.2, 0) is 9.53 Å². The average Bonchev–Trinajstić information content (AvgIpc) is 2.89. The van der Waals surface area contributed by atoms with E-state index in [1.54, 1.807) is 39.0 Å². The summed E-state index contributed by atoms with van der Waals surface area (Å²) >= 11 is 0. The Morgan fingerprint density at radius 3 is 2.46 bits per heavy atom. The average molecular weight is 330 g/mol. The van der Waals surface area contributed by atoms with Crippen LogP contribution in [0.15, 0.2) is 35.1 Å². The molecule has 0 radical (unpaired) electrons. The van der Waals surface area contributed by atoms with Gasteiger partial charge in [-0.2, -0.15) is 0 Å². The maximum Gasteiger partial charge on any atom is 0.333 e. The van der Waals surface area contributed by atoms with E-state index in [0.717, 1.165) is 5.57 Å². The molecule has 5 nitrogen and oxygen atoms in total. The van der Waals surface area contributed by atoms with Gasteiger partial charge in [0.05, 0.1) is 12.7 Å². The van der Waals surface area contributed by atoms with Gasteiger partial charge in [-0.15, -0.1) is 0 Å². The van der Waals surface area contributed by atoms with Crippen molar-refractivity contribution in [1.82, 2.24) is 0 Å². The molecule has 5 heteroatoms. The van der Waals surface area contributed by atoms with Gasteiger partial charge in [-0.25, -0.2) is 4.79 Å². The molecule has 0 aromatic heterocycles. The Balaban J connectivity index is 2.41. The minimum Gasteiger partial charge on any atom is -0.496 e. The van der Waals surface area contributed by atoms with Gasteiger partial charge in [0, 0.05) is 17.2 Å². The summed E-state index contributed by atoms with van der Waals surface area (Å²) in [6.07, 6.45) is 1.13. The Kier molecular flexibility index (Phi) is 5.12. The molecule has 0 saturated carbocycles. The monoisotopic (exact) mass is 330 g/mol. The largest absolute Gasteiger partial charge is 0.496 e. The number of esters is 1. The summed E-state index contributed by atoms with van der Waals surface area (Å²) in [5, 5.41) is 0. The molecule has 24 heavy (non-hydrogen) atoms. The molecule has 1 atom stereocenters. The van der Waals surface area contributed by atoms with Crippen LogP contribution in [0.5, 0.6) is 11.5 Å². The first-order valence-corrected chi connectivity index (χ1v) is 7.76. The van der Waals surface area contributed by atoms with E-state index in [0.29, 0.717) is 34.0 Å². The lowest BCUT2D eigenvalue weighted by atomic mass is 10.0. The zero-order valence-corrected chi connectivity index (χ0v) is 14.9. The second kappa shape index (κ2) is 6.91. The van der Waals surface area contributed by atoms with E-state index in [9.17, 15) is 9.59 Å². The summed E-state index contributed by atoms with van der Waals surface area (Å²) in [6.45, 7) is 8.85. The molecule has 0 aliphatic carbocycles. The number of ketones is 1. The van der Waals surface area contributed by atoms with Crippen LogP contribution in [0.25, 0.3) is 0 Å². The van der Waals surface area contributed by atoms with Crippen LogP contribution in [0.3, 0.4) is 0 Å². The number of rotatable bonds is 4. The van der Waals surface area contributed by atoms with Crippen molar-refractivity contribution in [2.75, 3.05) is 7.11 Å². The van der Waals surface area contributed by atoms with Gasteiger partial charge in [0.15, 0.2) is 5.76 Å². The summed E-state index contributed by atoms with van der Waals surface area (Å²) in [5.41, 5.74) is 2.40. The second-order valence-corrected chi connectivity index (χ2v) is 5.87. The predicted octanol–water partition coefficient (Wildman–Crippen LogP) is 4.13. The first-order valence-electron chi connectivity index (χ1n) is 7.76. The number of hydrogen-bond donors (Lipinski definition) is 0. The van der Waals surface area contributed by atoms with Gasteiger partial charge >= 0.3 is 5.97 Å². The predicted molar refractivity (Wildman–Crippen MR) is 90.3 cm³/mol. The molecule has 1 aromatic rings. The van der Waals surface area contributed by atoms with Crippen LogP contribution >= 0.6 is 0 Å². The summed E-state index contributed by atoms with van der Waals surface area (Å²) in [4.78, 5) is 24.4. The lowest BCUT2D eigenvalue weighted by Crippen LogP contribution is -2.11. The Hall–Kier alpha value is -2.56. The summed E-state index contributed by atoms with van der Waals surface area (Å²) in [7, 11) is 1.52. The number of fused-ring (bicyclic) bond motifs is 1. The highest BCUT2D eigenvalue weighted by Gasteiger charge is 2.31. The number of carbonyl (C=O) groups is 2. The number of carbonyl (C=O) groups excluding carboxylic acids is 2. The third-order valence-electron chi connectivity index (χ3n) is 3.93. The quantitative estimate of drug-likeness (QED) is 0.613. The molecular formula is C19H22O5. The topological polar surface area (TPSA) is 61.8 Å². The Bertz CT molecular complexity index is 751. The van der Waals surface area contributed by atoms with Gasteiger partial charge in [0.2, 0.25) is 5.78 Å². The molecule has 0 unspecified atom stereocenters. The summed E-state index contributed by atoms with van der Waals surface area (Å²) < 4.78 is 16.5. The Morgan fingerprint density at radius 1 is 1.25 bits per heavy atom. The highest BCUT2D eigenvalue weighted by atomic mass is 16.5. The van der Waals surface area contributed by atoms with Gasteiger partial charge in [-0.05, 0) is 46.3 Å². The fourth-order valence-electron chi connectivity index (χ4n) is 2.38. The number of Topliss-reactive ketones (excluding diaryl/α,β-unsaturated/α-hetero) is 1. The molecule has 0 amide bonds. The zero-order chi connectivity index (χ0) is 18.0. The summed E-state index contributed by atoms with van der Waals surface area (Å²) in [5.74, 6) is 0.728. The van der Waals surface area contributed by atoms with E-state index in [4.69, 9.17) is 14.2 Å². The molecule has 1 aliphatic rings. The number of methoxy groups -OCH3 is 1. The molecule has 1 aliphatic heterocycles. The molecule has 1 aromatic carbocycles. The van der Waals surface area contributed by atoms with E-state index in [1.807, 2.05) is 13.8 Å². The fourth-order valence-corrected chi connectivity index (χ4v) is 2.38. The van der Waals surface area contributed by atoms with E-state index in [1.165, 1.54) is 7.11 Å². The van der Waals surface area contributed by atoms with Crippen LogP contribution < -0.4 is 9.47 Å². The SMILES string of the molecule is C/C=C(/C)C(=O)O[C@@H](C)c1cc2c(cc1OC)OC(=C(C)C)C2=O. The van der Waals surface area contributed by atoms with Gasteiger partial charge < -0.3 is 14.2 Å². The first kappa shape index (κ1) is 17.8. The highest BCUT2D eigenvalue weighted by molar-refractivity contribution is 6.12. The van der Waals surface area contributed by atoms with Crippen molar-refractivity contribution < 1.29 is 23.8 Å². The van der Waals surface area contributed by atoms with Crippen molar-refractivity contribution in [2.24, 2.45) is 0 Å². The lowest BCUT2D eigenvalue weighted by molar-refractivity contribution is -0.143. The maximum absolute atomic E-state index is 12.4. The van der Waals surface area contributed by atoms with Crippen LogP contribution in [0.4, 0.5) is 0 Å². The van der Waals surface area contributed by atoms with Crippen molar-refractivity contribution in [3.63, 3.8) is 0 Å². The summed E-state index contributed by atoms with van der Waals surface area (Å²) in [6, 6.07) is 3.33. The van der Waals surface area contributed by atoms with E-state index >= 15 is 0 Å². The number of allylic oxidation sites excluding steroid dienone is 3. The highest BCUT2D eigenvalue weighted by Crippen LogP contribution is 2.40. The minimum atomic E-state index is -0.559. The number of hydrogen-bond acceptors (Lipinski definition) is 5. The molecule has 0 N–H and O–H groups in total. The normalized spacial score (nSPS) is 14.8. The van der Waals surface area contributed by atoms with Crippen LogP contribution in [0.2, 0.25) is 0 Å². The van der Waals surface area contributed by atoms with Crippen LogP contribution in [0, 0.1) is 0 Å². The first-order chi connectivity index (χ1) is 11.3.